The van der Waals surface area contributed by atoms with E-state index in [1.54, 1.807) is 20.8 Å². The molecule has 0 aromatic heterocycles. The topological polar surface area (TPSA) is 79.2 Å². The number of amides is 1. The van der Waals surface area contributed by atoms with Gasteiger partial charge in [-0.2, -0.15) is 5.26 Å². The molecule has 0 spiro atoms. The summed E-state index contributed by atoms with van der Waals surface area (Å²) in [5.74, 6) is -0.165. The second-order valence-electron chi connectivity index (χ2n) is 7.02. The van der Waals surface area contributed by atoms with E-state index in [4.69, 9.17) is 10.00 Å². The van der Waals surface area contributed by atoms with Crippen LogP contribution in [0.15, 0.2) is 18.2 Å². The number of nitriles is 1. The third kappa shape index (κ3) is 7.28. The average molecular weight is 330 g/mol. The third-order valence-corrected chi connectivity index (χ3v) is 3.28. The van der Waals surface area contributed by atoms with E-state index < -0.39 is 17.7 Å². The first-order valence-electron chi connectivity index (χ1n) is 8.07. The Morgan fingerprint density at radius 1 is 1.21 bits per heavy atom. The molecule has 0 radical (unpaired) electrons. The van der Waals surface area contributed by atoms with E-state index in [1.165, 1.54) is 0 Å². The van der Waals surface area contributed by atoms with Crippen LogP contribution in [0.4, 0.5) is 4.79 Å². The van der Waals surface area contributed by atoms with E-state index in [0.717, 1.165) is 16.7 Å². The van der Waals surface area contributed by atoms with Crippen LogP contribution < -0.4 is 5.32 Å². The van der Waals surface area contributed by atoms with Gasteiger partial charge in [0, 0.05) is 12.8 Å². The molecule has 0 saturated heterocycles. The first-order valence-corrected chi connectivity index (χ1v) is 8.07. The summed E-state index contributed by atoms with van der Waals surface area (Å²) in [6.07, 6.45) is 0.00794. The van der Waals surface area contributed by atoms with Crippen molar-refractivity contribution in [3.63, 3.8) is 0 Å². The summed E-state index contributed by atoms with van der Waals surface area (Å²) < 4.78 is 5.24. The van der Waals surface area contributed by atoms with E-state index in [1.807, 2.05) is 32.0 Å². The van der Waals surface area contributed by atoms with Crippen LogP contribution in [0.1, 0.15) is 50.3 Å². The van der Waals surface area contributed by atoms with E-state index in [9.17, 15) is 9.59 Å². The summed E-state index contributed by atoms with van der Waals surface area (Å²) in [4.78, 5) is 24.4. The van der Waals surface area contributed by atoms with Crippen LogP contribution in [0, 0.1) is 25.2 Å². The zero-order valence-corrected chi connectivity index (χ0v) is 15.1. The first kappa shape index (κ1) is 19.7. The second-order valence-corrected chi connectivity index (χ2v) is 7.02. The number of carbonyl (C=O) groups excluding carboxylic acids is 2. The number of ether oxygens (including phenoxy) is 1. The Morgan fingerprint density at radius 3 is 2.29 bits per heavy atom. The van der Waals surface area contributed by atoms with Gasteiger partial charge >= 0.3 is 6.09 Å². The number of nitrogens with one attached hydrogen (secondary N) is 1. The predicted molar refractivity (Wildman–Crippen MR) is 92.6 cm³/mol. The molecule has 5 heteroatoms. The number of hydrogen-bond acceptors (Lipinski definition) is 4. The van der Waals surface area contributed by atoms with Crippen molar-refractivity contribution in [2.45, 2.75) is 65.5 Å². The summed E-state index contributed by atoms with van der Waals surface area (Å²) in [5, 5.41) is 11.3. The number of benzene rings is 1. The van der Waals surface area contributed by atoms with Gasteiger partial charge in [0.2, 0.25) is 0 Å². The van der Waals surface area contributed by atoms with Crippen molar-refractivity contribution in [3.05, 3.63) is 34.9 Å². The number of carbonyl (C=O) groups is 2. The maximum absolute atomic E-state index is 12.4. The van der Waals surface area contributed by atoms with Crippen LogP contribution in [0.3, 0.4) is 0 Å². The molecule has 0 saturated carbocycles. The number of rotatable bonds is 6. The van der Waals surface area contributed by atoms with Crippen LogP contribution in [0.25, 0.3) is 0 Å². The Hall–Kier alpha value is -2.35. The molecule has 5 nitrogen and oxygen atoms in total. The van der Waals surface area contributed by atoms with Gasteiger partial charge in [-0.3, -0.25) is 4.79 Å². The maximum Gasteiger partial charge on any atom is 0.408 e. The summed E-state index contributed by atoms with van der Waals surface area (Å²) in [7, 11) is 0. The molecule has 1 rings (SSSR count). The fourth-order valence-corrected chi connectivity index (χ4v) is 2.47. The number of hydrogen-bond donors (Lipinski definition) is 1. The van der Waals surface area contributed by atoms with Crippen LogP contribution in [0.5, 0.6) is 0 Å². The van der Waals surface area contributed by atoms with E-state index >= 15 is 0 Å². The molecule has 1 aromatic rings. The lowest BCUT2D eigenvalue weighted by Crippen LogP contribution is -2.44. The SMILES string of the molecule is Cc1cc(C)cc(C[C@H](NC(=O)OC(C)(C)C)C(=O)CCC#N)c1. The Kier molecular flexibility index (Phi) is 6.97. The van der Waals surface area contributed by atoms with Crippen molar-refractivity contribution in [1.29, 1.82) is 5.26 Å². The summed E-state index contributed by atoms with van der Waals surface area (Å²) >= 11 is 0. The molecule has 0 unspecified atom stereocenters. The number of nitrogens with zero attached hydrogens (tertiary/aromatic N) is 1. The highest BCUT2D eigenvalue weighted by atomic mass is 16.6. The number of aryl methyl sites for hydroxylation is 2. The van der Waals surface area contributed by atoms with E-state index in [2.05, 4.69) is 11.4 Å². The minimum absolute atomic E-state index is 0.113. The third-order valence-electron chi connectivity index (χ3n) is 3.28. The van der Waals surface area contributed by atoms with Gasteiger partial charge in [-0.15, -0.1) is 0 Å². The highest BCUT2D eigenvalue weighted by Crippen LogP contribution is 2.13. The Bertz CT molecular complexity index is 619. The molecule has 1 amide bonds. The van der Waals surface area contributed by atoms with Gasteiger partial charge in [0.15, 0.2) is 5.78 Å². The largest absolute Gasteiger partial charge is 0.444 e. The van der Waals surface area contributed by atoms with Gasteiger partial charge in [0.1, 0.15) is 5.60 Å². The van der Waals surface area contributed by atoms with Crippen molar-refractivity contribution in [2.24, 2.45) is 0 Å². The monoisotopic (exact) mass is 330 g/mol. The normalized spacial score (nSPS) is 12.2. The van der Waals surface area contributed by atoms with E-state index in [-0.39, 0.29) is 18.6 Å². The highest BCUT2D eigenvalue weighted by molar-refractivity contribution is 5.87. The molecule has 0 bridgehead atoms. The minimum atomic E-state index is -0.700. The predicted octanol–water partition coefficient (Wildman–Crippen LogP) is 3.61. The molecule has 1 N–H and O–H groups in total. The standard InChI is InChI=1S/C19H26N2O3/c1-13-9-14(2)11-15(10-13)12-16(17(22)7-6-8-20)21-18(23)24-19(3,4)5/h9-11,16H,6-7,12H2,1-5H3,(H,21,23)/t16-/m0/s1. The fourth-order valence-electron chi connectivity index (χ4n) is 2.47. The minimum Gasteiger partial charge on any atom is -0.444 e. The van der Waals surface area contributed by atoms with Crippen LogP contribution >= 0.6 is 0 Å². The van der Waals surface area contributed by atoms with Gasteiger partial charge in [-0.05, 0) is 46.6 Å². The fraction of sp³-hybridized carbons (Fsp3) is 0.526. The number of Topliss-reactive ketones (excluding diaryl/α,β-unsaturated/α-hetero) is 1. The van der Waals surface area contributed by atoms with Gasteiger partial charge in [0.25, 0.3) is 0 Å². The lowest BCUT2D eigenvalue weighted by molar-refractivity contribution is -0.121. The molecule has 130 valence electrons. The molecule has 0 fully saturated rings. The molecular weight excluding hydrogens is 304 g/mol. The van der Waals surface area contributed by atoms with Crippen LogP contribution in [-0.4, -0.2) is 23.5 Å². The van der Waals surface area contributed by atoms with Gasteiger partial charge in [-0.25, -0.2) is 4.79 Å². The molecular formula is C19H26N2O3. The molecule has 1 atom stereocenters. The van der Waals surface area contributed by atoms with E-state index in [0.29, 0.717) is 6.42 Å². The molecule has 0 aliphatic rings. The summed E-state index contributed by atoms with van der Waals surface area (Å²) in [6.45, 7) is 9.28. The summed E-state index contributed by atoms with van der Waals surface area (Å²) in [6, 6.07) is 7.30. The van der Waals surface area contributed by atoms with Crippen molar-refractivity contribution < 1.29 is 14.3 Å². The van der Waals surface area contributed by atoms with Crippen LogP contribution in [0.2, 0.25) is 0 Å². The second kappa shape index (κ2) is 8.49. The van der Waals surface area contributed by atoms with Crippen molar-refractivity contribution in [1.82, 2.24) is 5.32 Å². The molecule has 0 heterocycles. The molecule has 1 aromatic carbocycles. The lowest BCUT2D eigenvalue weighted by atomic mass is 9.97. The Balaban J connectivity index is 2.90. The van der Waals surface area contributed by atoms with Crippen molar-refractivity contribution in [3.8, 4) is 6.07 Å². The van der Waals surface area contributed by atoms with Gasteiger partial charge in [0.05, 0.1) is 12.1 Å². The van der Waals surface area contributed by atoms with Gasteiger partial charge in [-0.1, -0.05) is 29.3 Å². The average Bonchev–Trinajstić information content (AvgIpc) is 2.40. The zero-order chi connectivity index (χ0) is 18.3. The van der Waals surface area contributed by atoms with Gasteiger partial charge < -0.3 is 10.1 Å². The Morgan fingerprint density at radius 2 is 1.79 bits per heavy atom. The molecule has 0 aliphatic heterocycles. The highest BCUT2D eigenvalue weighted by Gasteiger charge is 2.24. The Labute approximate surface area is 144 Å². The number of alkyl carbamates (subject to hydrolysis) is 1. The lowest BCUT2D eigenvalue weighted by Gasteiger charge is -2.23. The smallest absolute Gasteiger partial charge is 0.408 e. The number of ketones is 1. The molecule has 0 aliphatic carbocycles. The van der Waals surface area contributed by atoms with Crippen LogP contribution in [-0.2, 0) is 16.0 Å². The summed E-state index contributed by atoms with van der Waals surface area (Å²) in [5.41, 5.74) is 2.54. The van der Waals surface area contributed by atoms with Crippen molar-refractivity contribution in [2.75, 3.05) is 0 Å². The van der Waals surface area contributed by atoms with Crippen molar-refractivity contribution >= 4 is 11.9 Å². The quantitative estimate of drug-likeness (QED) is 0.864. The molecule has 24 heavy (non-hydrogen) atoms. The zero-order valence-electron chi connectivity index (χ0n) is 15.1. The maximum atomic E-state index is 12.4. The first-order chi connectivity index (χ1) is 11.1.